The average Bonchev–Trinajstić information content (AvgIpc) is 2.60. The number of aromatic nitrogens is 3. The number of primary amides is 1. The molecule has 15 heteroatoms. The van der Waals surface area contributed by atoms with Crippen molar-refractivity contribution < 1.29 is 36.1 Å². The Morgan fingerprint density at radius 1 is 1.26 bits per heavy atom. The second-order valence-electron chi connectivity index (χ2n) is 5.98. The molecule has 0 radical (unpaired) electrons. The van der Waals surface area contributed by atoms with E-state index in [-0.39, 0.29) is 16.8 Å². The first-order valence-electron chi connectivity index (χ1n) is 8.28. The minimum atomic E-state index is -4.79. The molecule has 0 spiro atoms. The van der Waals surface area contributed by atoms with E-state index < -0.39 is 68.1 Å². The molecule has 1 aromatic heterocycles. The fourth-order valence-electron chi connectivity index (χ4n) is 2.49. The zero-order valence-corrected chi connectivity index (χ0v) is 16.7. The Morgan fingerprint density at radius 3 is 2.39 bits per heavy atom. The molecule has 0 aliphatic heterocycles. The lowest BCUT2D eigenvalue weighted by Gasteiger charge is -2.14. The third-order valence-corrected chi connectivity index (χ3v) is 5.30. The van der Waals surface area contributed by atoms with Crippen LogP contribution in [0.5, 0.6) is 0 Å². The number of benzene rings is 1. The minimum absolute atomic E-state index is 0.103. The number of hydrogen-bond acceptors (Lipinski definition) is 7. The summed E-state index contributed by atoms with van der Waals surface area (Å²) in [5, 5.41) is 3.40. The van der Waals surface area contributed by atoms with Gasteiger partial charge in [-0.2, -0.15) is 23.0 Å². The van der Waals surface area contributed by atoms with Crippen molar-refractivity contribution in [3.63, 3.8) is 0 Å². The Balaban J connectivity index is 2.78. The van der Waals surface area contributed by atoms with Crippen LogP contribution >= 0.6 is 0 Å². The Morgan fingerprint density at radius 2 is 1.87 bits per heavy atom. The number of amides is 1. The van der Waals surface area contributed by atoms with Gasteiger partial charge in [-0.05, 0) is 31.5 Å². The number of hydrogen-bond donors (Lipinski definition) is 1. The summed E-state index contributed by atoms with van der Waals surface area (Å²) in [7, 11) is -2.65. The van der Waals surface area contributed by atoms with Gasteiger partial charge in [0, 0.05) is 11.4 Å². The van der Waals surface area contributed by atoms with Gasteiger partial charge in [-0.3, -0.25) is 13.6 Å². The first-order chi connectivity index (χ1) is 14.3. The summed E-state index contributed by atoms with van der Waals surface area (Å²) >= 11 is 0. The van der Waals surface area contributed by atoms with E-state index in [4.69, 9.17) is 5.73 Å². The summed E-state index contributed by atoms with van der Waals surface area (Å²) < 4.78 is 69.3. The number of aryl methyl sites for hydroxylation is 1. The number of nitrogens with two attached hydrogens (primary N) is 1. The number of carbonyl (C=O) groups is 2. The molecule has 2 aromatic rings. The summed E-state index contributed by atoms with van der Waals surface area (Å²) in [4.78, 5) is 47.1. The third kappa shape index (κ3) is 5.22. The number of halogens is 4. The molecule has 2 N–H and O–H groups in total. The highest BCUT2D eigenvalue weighted by molar-refractivity contribution is 7.85. The maximum absolute atomic E-state index is 14.6. The Bertz CT molecular complexity index is 1200. The number of carbonyl (C=O) groups excluding carboxylic acids is 2. The van der Waals surface area contributed by atoms with Crippen LogP contribution in [0.1, 0.15) is 23.0 Å². The van der Waals surface area contributed by atoms with Crippen LogP contribution in [0.4, 0.5) is 22.4 Å². The van der Waals surface area contributed by atoms with Gasteiger partial charge in [0.25, 0.3) is 5.56 Å². The maximum atomic E-state index is 14.6. The molecule has 1 aromatic carbocycles. The van der Waals surface area contributed by atoms with Gasteiger partial charge in [0.2, 0.25) is 5.69 Å². The van der Waals surface area contributed by atoms with E-state index in [0.717, 1.165) is 6.07 Å². The highest BCUT2D eigenvalue weighted by Crippen LogP contribution is 2.25. The van der Waals surface area contributed by atoms with Gasteiger partial charge in [0.15, 0.2) is 0 Å². The summed E-state index contributed by atoms with van der Waals surface area (Å²) in [6.07, 6.45) is -6.37. The van der Waals surface area contributed by atoms with Gasteiger partial charge < -0.3 is 10.5 Å². The Kier molecular flexibility index (Phi) is 6.78. The van der Waals surface area contributed by atoms with Gasteiger partial charge in [0.1, 0.15) is 17.3 Å². The highest BCUT2D eigenvalue weighted by Gasteiger charge is 2.32. The number of rotatable bonds is 5. The van der Waals surface area contributed by atoms with Crippen molar-refractivity contribution in [2.75, 3.05) is 5.75 Å². The molecule has 168 valence electrons. The van der Waals surface area contributed by atoms with Gasteiger partial charge in [-0.1, -0.05) is 0 Å². The molecule has 2 rings (SSSR count). The van der Waals surface area contributed by atoms with Crippen molar-refractivity contribution >= 4 is 22.9 Å². The molecule has 1 unspecified atom stereocenters. The largest absolute Gasteiger partial charge is 0.412 e. The normalized spacial score (nSPS) is 12.5. The second-order valence-corrected chi connectivity index (χ2v) is 7.39. The lowest BCUT2D eigenvalue weighted by molar-refractivity contribution is -0.105. The van der Waals surface area contributed by atoms with Crippen molar-refractivity contribution in [1.82, 2.24) is 14.3 Å². The van der Waals surface area contributed by atoms with Gasteiger partial charge in [-0.25, -0.2) is 18.8 Å². The lowest BCUT2D eigenvalue weighted by Crippen LogP contribution is -2.44. The number of ether oxygens (including phenoxy) is 1. The Labute approximate surface area is 172 Å². The van der Waals surface area contributed by atoms with Crippen molar-refractivity contribution in [1.29, 1.82) is 0 Å². The van der Waals surface area contributed by atoms with Crippen LogP contribution in [0, 0.1) is 12.7 Å². The Hall–Kier alpha value is -3.36. The summed E-state index contributed by atoms with van der Waals surface area (Å²) in [5.41, 5.74) is 0.179. The van der Waals surface area contributed by atoms with E-state index in [2.05, 4.69) is 9.84 Å². The van der Waals surface area contributed by atoms with Crippen molar-refractivity contribution in [3.8, 4) is 5.69 Å². The lowest BCUT2D eigenvalue weighted by atomic mass is 10.2. The van der Waals surface area contributed by atoms with Crippen LogP contribution in [0.15, 0.2) is 26.6 Å². The molecular formula is C16H14F4N4O6S. The third-order valence-electron chi connectivity index (χ3n) is 3.78. The van der Waals surface area contributed by atoms with Crippen LogP contribution in [0.25, 0.3) is 5.69 Å². The molecule has 0 fully saturated rings. The molecule has 1 atom stereocenters. The zero-order valence-electron chi connectivity index (χ0n) is 15.9. The summed E-state index contributed by atoms with van der Waals surface area (Å²) in [6.45, 7) is 2.21. The van der Waals surface area contributed by atoms with Gasteiger partial charge in [-0.15, -0.1) is 0 Å². The first kappa shape index (κ1) is 23.9. The quantitative estimate of drug-likeness (QED) is 0.389. The number of nitrogens with zero attached hydrogens (tertiary/aromatic N) is 3. The van der Waals surface area contributed by atoms with Crippen LogP contribution in [-0.2, 0) is 22.1 Å². The SMILES string of the molecule is CCn1c(=O)c(C(=O)OC(N)=O)nn(-c2cc(S(=O)CC(F)(F)F)c(C)cc2F)c1=O. The minimum Gasteiger partial charge on any atom is -0.371 e. The van der Waals surface area contributed by atoms with E-state index in [1.165, 1.54) is 13.8 Å². The smallest absolute Gasteiger partial charge is 0.371 e. The molecule has 0 aliphatic carbocycles. The molecule has 10 nitrogen and oxygen atoms in total. The fourth-order valence-corrected chi connectivity index (χ4v) is 3.61. The first-order valence-corrected chi connectivity index (χ1v) is 9.60. The van der Waals surface area contributed by atoms with E-state index in [0.29, 0.717) is 10.6 Å². The maximum Gasteiger partial charge on any atom is 0.412 e. The number of alkyl halides is 3. The van der Waals surface area contributed by atoms with E-state index in [9.17, 15) is 40.9 Å². The van der Waals surface area contributed by atoms with Crippen LogP contribution < -0.4 is 17.0 Å². The van der Waals surface area contributed by atoms with Crippen molar-refractivity contribution in [2.45, 2.75) is 31.5 Å². The topological polar surface area (TPSA) is 143 Å². The molecular weight excluding hydrogens is 452 g/mol. The van der Waals surface area contributed by atoms with E-state index >= 15 is 0 Å². The zero-order chi connectivity index (χ0) is 23.7. The van der Waals surface area contributed by atoms with Gasteiger partial charge >= 0.3 is 23.9 Å². The van der Waals surface area contributed by atoms with Crippen LogP contribution in [-0.4, -0.2) is 42.5 Å². The van der Waals surface area contributed by atoms with Gasteiger partial charge in [0.05, 0.1) is 10.8 Å². The number of esters is 1. The second kappa shape index (κ2) is 8.79. The monoisotopic (exact) mass is 466 g/mol. The molecule has 0 saturated carbocycles. The molecule has 0 saturated heterocycles. The van der Waals surface area contributed by atoms with Crippen molar-refractivity contribution in [2.24, 2.45) is 5.73 Å². The average molecular weight is 466 g/mol. The van der Waals surface area contributed by atoms with Crippen molar-refractivity contribution in [3.05, 3.63) is 50.0 Å². The molecule has 1 heterocycles. The summed E-state index contributed by atoms with van der Waals surface area (Å²) in [6, 6.07) is 1.41. The molecule has 0 aliphatic rings. The molecule has 31 heavy (non-hydrogen) atoms. The predicted molar refractivity (Wildman–Crippen MR) is 96.8 cm³/mol. The highest BCUT2D eigenvalue weighted by atomic mass is 32.2. The van der Waals surface area contributed by atoms with E-state index in [1.54, 1.807) is 0 Å². The molecule has 1 amide bonds. The van der Waals surface area contributed by atoms with Crippen LogP contribution in [0.3, 0.4) is 0 Å². The van der Waals surface area contributed by atoms with E-state index in [1.807, 2.05) is 0 Å². The fraction of sp³-hybridized carbons (Fsp3) is 0.312. The molecule has 0 bridgehead atoms. The predicted octanol–water partition coefficient (Wildman–Crippen LogP) is 0.767. The standard InChI is InChI=1S/C16H14F4N4O6S/c1-3-23-12(25)11(13(26)30-14(21)27)22-24(15(23)28)9-5-10(7(2)4-8(9)17)31(29)6-16(18,19)20/h4-5H,3,6H2,1-2H3,(H2,21,27). The van der Waals surface area contributed by atoms with Crippen LogP contribution in [0.2, 0.25) is 0 Å². The summed E-state index contributed by atoms with van der Waals surface area (Å²) in [5.74, 6) is -4.54.